The highest BCUT2D eigenvalue weighted by Crippen LogP contribution is 2.20. The van der Waals surface area contributed by atoms with Crippen LogP contribution in [0, 0.1) is 0 Å². The van der Waals surface area contributed by atoms with Gasteiger partial charge >= 0.3 is 0 Å². The molecule has 0 atom stereocenters. The van der Waals surface area contributed by atoms with Gasteiger partial charge in [0.15, 0.2) is 11.5 Å². The third-order valence-electron chi connectivity index (χ3n) is 5.22. The number of hydrogen-bond donors (Lipinski definition) is 0. The molecular formula is C21H25N5O2. The second-order valence-corrected chi connectivity index (χ2v) is 6.97. The van der Waals surface area contributed by atoms with E-state index in [-0.39, 0.29) is 5.91 Å². The standard InChI is InChI=1S/C21H25N5O2/c1-2-20-22-8-9-25(20)13-10-24-11-14-26(15-12-24)21(27)18-16-19(28-23-18)17-6-4-3-5-7-17/h3-9,16H,2,10-15H2,1H3. The number of amides is 1. The van der Waals surface area contributed by atoms with Crippen molar-refractivity contribution in [1.82, 2.24) is 24.5 Å². The molecule has 2 aromatic heterocycles. The second-order valence-electron chi connectivity index (χ2n) is 6.97. The van der Waals surface area contributed by atoms with Crippen LogP contribution in [0.5, 0.6) is 0 Å². The third kappa shape index (κ3) is 3.99. The molecule has 3 heterocycles. The van der Waals surface area contributed by atoms with Crippen molar-refractivity contribution in [2.24, 2.45) is 0 Å². The Labute approximate surface area is 164 Å². The Bertz CT molecular complexity index is 910. The molecule has 0 bridgehead atoms. The normalized spacial score (nSPS) is 15.1. The first kappa shape index (κ1) is 18.4. The molecule has 7 heteroatoms. The fourth-order valence-electron chi connectivity index (χ4n) is 3.56. The summed E-state index contributed by atoms with van der Waals surface area (Å²) in [6.07, 6.45) is 4.84. The topological polar surface area (TPSA) is 67.4 Å². The SMILES string of the molecule is CCc1nccn1CCN1CCN(C(=O)c2cc(-c3ccccc3)on2)CC1. The second kappa shape index (κ2) is 8.39. The van der Waals surface area contributed by atoms with Crippen molar-refractivity contribution in [3.05, 3.63) is 60.3 Å². The summed E-state index contributed by atoms with van der Waals surface area (Å²) in [6, 6.07) is 11.4. The van der Waals surface area contributed by atoms with Gasteiger partial charge < -0.3 is 14.0 Å². The maximum absolute atomic E-state index is 12.8. The highest BCUT2D eigenvalue weighted by atomic mass is 16.5. The summed E-state index contributed by atoms with van der Waals surface area (Å²) >= 11 is 0. The molecule has 0 spiro atoms. The monoisotopic (exact) mass is 379 g/mol. The Hall–Kier alpha value is -2.93. The van der Waals surface area contributed by atoms with Crippen molar-refractivity contribution in [3.8, 4) is 11.3 Å². The van der Waals surface area contributed by atoms with E-state index in [4.69, 9.17) is 4.52 Å². The average molecular weight is 379 g/mol. The molecular weight excluding hydrogens is 354 g/mol. The predicted molar refractivity (Wildman–Crippen MR) is 106 cm³/mol. The third-order valence-corrected chi connectivity index (χ3v) is 5.22. The summed E-state index contributed by atoms with van der Waals surface area (Å²) in [4.78, 5) is 21.4. The van der Waals surface area contributed by atoms with Gasteiger partial charge in [-0.3, -0.25) is 9.69 Å². The fourth-order valence-corrected chi connectivity index (χ4v) is 3.56. The molecule has 0 saturated carbocycles. The quantitative estimate of drug-likeness (QED) is 0.658. The van der Waals surface area contributed by atoms with Crippen LogP contribution in [-0.4, -0.2) is 63.1 Å². The van der Waals surface area contributed by atoms with Crippen molar-refractivity contribution < 1.29 is 9.32 Å². The molecule has 7 nitrogen and oxygen atoms in total. The van der Waals surface area contributed by atoms with Gasteiger partial charge in [-0.05, 0) is 0 Å². The van der Waals surface area contributed by atoms with Gasteiger partial charge in [0.25, 0.3) is 5.91 Å². The van der Waals surface area contributed by atoms with Crippen LogP contribution in [0.15, 0.2) is 53.3 Å². The van der Waals surface area contributed by atoms with Crippen molar-refractivity contribution in [2.75, 3.05) is 32.7 Å². The average Bonchev–Trinajstić information content (AvgIpc) is 3.42. The molecule has 4 rings (SSSR count). The summed E-state index contributed by atoms with van der Waals surface area (Å²) in [5.41, 5.74) is 1.29. The first-order valence-electron chi connectivity index (χ1n) is 9.78. The van der Waals surface area contributed by atoms with Gasteiger partial charge in [0.05, 0.1) is 0 Å². The molecule has 1 aromatic carbocycles. The van der Waals surface area contributed by atoms with Crippen molar-refractivity contribution in [2.45, 2.75) is 19.9 Å². The number of hydrogen-bond acceptors (Lipinski definition) is 5. The van der Waals surface area contributed by atoms with Gasteiger partial charge in [0.2, 0.25) is 0 Å². The lowest BCUT2D eigenvalue weighted by Crippen LogP contribution is -2.49. The van der Waals surface area contributed by atoms with Crippen LogP contribution in [0.3, 0.4) is 0 Å². The van der Waals surface area contributed by atoms with E-state index in [0.717, 1.165) is 44.0 Å². The summed E-state index contributed by atoms with van der Waals surface area (Å²) in [5.74, 6) is 1.68. The molecule has 3 aromatic rings. The first-order chi connectivity index (χ1) is 13.7. The number of carbonyl (C=O) groups excluding carboxylic acids is 1. The number of benzene rings is 1. The van der Waals surface area contributed by atoms with Crippen LogP contribution in [0.25, 0.3) is 11.3 Å². The number of aryl methyl sites for hydroxylation is 1. The number of nitrogens with zero attached hydrogens (tertiary/aromatic N) is 5. The number of carbonyl (C=O) groups is 1. The lowest BCUT2D eigenvalue weighted by Gasteiger charge is -2.34. The smallest absolute Gasteiger partial charge is 0.276 e. The maximum atomic E-state index is 12.8. The summed E-state index contributed by atoms with van der Waals surface area (Å²) < 4.78 is 7.58. The van der Waals surface area contributed by atoms with Crippen molar-refractivity contribution in [1.29, 1.82) is 0 Å². The Morgan fingerprint density at radius 2 is 1.89 bits per heavy atom. The highest BCUT2D eigenvalue weighted by Gasteiger charge is 2.24. The van der Waals surface area contributed by atoms with E-state index in [1.54, 1.807) is 6.07 Å². The highest BCUT2D eigenvalue weighted by molar-refractivity contribution is 5.93. The van der Waals surface area contributed by atoms with Gasteiger partial charge in [-0.25, -0.2) is 4.98 Å². The fraction of sp³-hybridized carbons (Fsp3) is 0.381. The van der Waals surface area contributed by atoms with Crippen LogP contribution in [0.1, 0.15) is 23.2 Å². The molecule has 0 unspecified atom stereocenters. The Kier molecular flexibility index (Phi) is 5.53. The zero-order chi connectivity index (χ0) is 19.3. The summed E-state index contributed by atoms with van der Waals surface area (Å²) in [5, 5.41) is 3.99. The van der Waals surface area contributed by atoms with E-state index < -0.39 is 0 Å². The molecule has 0 N–H and O–H groups in total. The van der Waals surface area contributed by atoms with Crippen LogP contribution >= 0.6 is 0 Å². The maximum Gasteiger partial charge on any atom is 0.276 e. The van der Waals surface area contributed by atoms with Crippen LogP contribution in [0.4, 0.5) is 0 Å². The molecule has 1 aliphatic heterocycles. The number of piperazine rings is 1. The minimum Gasteiger partial charge on any atom is -0.355 e. The van der Waals surface area contributed by atoms with Gasteiger partial charge in [0, 0.05) is 69.7 Å². The van der Waals surface area contributed by atoms with Gasteiger partial charge in [-0.15, -0.1) is 0 Å². The zero-order valence-electron chi connectivity index (χ0n) is 16.1. The van der Waals surface area contributed by atoms with Crippen LogP contribution < -0.4 is 0 Å². The van der Waals surface area contributed by atoms with Gasteiger partial charge in [-0.2, -0.15) is 0 Å². The molecule has 1 saturated heterocycles. The predicted octanol–water partition coefficient (Wildman–Crippen LogP) is 2.56. The van der Waals surface area contributed by atoms with Crippen LogP contribution in [-0.2, 0) is 13.0 Å². The molecule has 0 aliphatic carbocycles. The van der Waals surface area contributed by atoms with E-state index >= 15 is 0 Å². The van der Waals surface area contributed by atoms with Gasteiger partial charge in [0.1, 0.15) is 5.82 Å². The molecule has 1 aliphatic rings. The molecule has 1 amide bonds. The minimum atomic E-state index is -0.0616. The zero-order valence-corrected chi connectivity index (χ0v) is 16.1. The van der Waals surface area contributed by atoms with E-state index in [9.17, 15) is 4.79 Å². The van der Waals surface area contributed by atoms with Crippen LogP contribution in [0.2, 0.25) is 0 Å². The van der Waals surface area contributed by atoms with Crippen molar-refractivity contribution >= 4 is 5.91 Å². The molecule has 0 radical (unpaired) electrons. The van der Waals surface area contributed by atoms with E-state index in [2.05, 4.69) is 26.5 Å². The molecule has 146 valence electrons. The minimum absolute atomic E-state index is 0.0616. The number of aromatic nitrogens is 3. The molecule has 1 fully saturated rings. The molecule has 28 heavy (non-hydrogen) atoms. The lowest BCUT2D eigenvalue weighted by atomic mass is 10.1. The van der Waals surface area contributed by atoms with Crippen molar-refractivity contribution in [3.63, 3.8) is 0 Å². The first-order valence-corrected chi connectivity index (χ1v) is 9.78. The Balaban J connectivity index is 1.30. The number of rotatable bonds is 6. The summed E-state index contributed by atoms with van der Waals surface area (Å²) in [6.45, 7) is 7.16. The number of imidazole rings is 1. The van der Waals surface area contributed by atoms with E-state index in [0.29, 0.717) is 24.5 Å². The summed E-state index contributed by atoms with van der Waals surface area (Å²) in [7, 11) is 0. The largest absolute Gasteiger partial charge is 0.355 e. The van der Waals surface area contributed by atoms with Gasteiger partial charge in [-0.1, -0.05) is 42.4 Å². The van der Waals surface area contributed by atoms with E-state index in [1.807, 2.05) is 47.6 Å². The van der Waals surface area contributed by atoms with E-state index in [1.165, 1.54) is 0 Å². The lowest BCUT2D eigenvalue weighted by molar-refractivity contribution is 0.0623. The Morgan fingerprint density at radius 1 is 1.11 bits per heavy atom. The Morgan fingerprint density at radius 3 is 2.64 bits per heavy atom.